The van der Waals surface area contributed by atoms with Gasteiger partial charge in [0.05, 0.1) is 5.56 Å². The van der Waals surface area contributed by atoms with Gasteiger partial charge in [0.15, 0.2) is 0 Å². The number of alkyl halides is 3. The van der Waals surface area contributed by atoms with Gasteiger partial charge < -0.3 is 15.7 Å². The van der Waals surface area contributed by atoms with Gasteiger partial charge in [-0.05, 0) is 36.5 Å². The molecule has 0 aliphatic carbocycles. The maximum absolute atomic E-state index is 13.0. The van der Waals surface area contributed by atoms with E-state index in [1.54, 1.807) is 6.07 Å². The Balaban J connectivity index is 2.21. The summed E-state index contributed by atoms with van der Waals surface area (Å²) in [5, 5.41) is 9.09. The van der Waals surface area contributed by atoms with E-state index in [9.17, 15) is 13.2 Å². The minimum Gasteiger partial charge on any atom is -0.396 e. The Hall–Kier alpha value is -1.27. The number of benzene rings is 1. The molecule has 0 atom stereocenters. The number of hydrogen-bond acceptors (Lipinski definition) is 3. The number of aliphatic hydroxyl groups is 1. The van der Waals surface area contributed by atoms with Crippen molar-refractivity contribution >= 4 is 5.69 Å². The van der Waals surface area contributed by atoms with Crippen LogP contribution in [0, 0.1) is 5.92 Å². The molecule has 1 aromatic carbocycles. The third-order valence-electron chi connectivity index (χ3n) is 3.86. The van der Waals surface area contributed by atoms with Gasteiger partial charge in [0, 0.05) is 31.9 Å². The van der Waals surface area contributed by atoms with Crippen LogP contribution in [0.3, 0.4) is 0 Å². The van der Waals surface area contributed by atoms with Crippen LogP contribution in [0.4, 0.5) is 18.9 Å². The summed E-state index contributed by atoms with van der Waals surface area (Å²) in [7, 11) is 0. The Morgan fingerprint density at radius 2 is 1.90 bits per heavy atom. The maximum atomic E-state index is 13.0. The molecule has 0 bridgehead atoms. The van der Waals surface area contributed by atoms with Gasteiger partial charge in [-0.2, -0.15) is 13.2 Å². The molecule has 1 aliphatic heterocycles. The summed E-state index contributed by atoms with van der Waals surface area (Å²) in [5.74, 6) is 0.261. The first-order valence-electron chi connectivity index (χ1n) is 6.71. The van der Waals surface area contributed by atoms with Crippen LogP contribution < -0.4 is 10.6 Å². The van der Waals surface area contributed by atoms with E-state index < -0.39 is 11.7 Å². The second-order valence-electron chi connectivity index (χ2n) is 5.16. The Morgan fingerprint density at radius 3 is 2.40 bits per heavy atom. The molecular weight excluding hydrogens is 269 g/mol. The molecule has 0 spiro atoms. The van der Waals surface area contributed by atoms with Gasteiger partial charge in [0.1, 0.15) is 0 Å². The van der Waals surface area contributed by atoms with Gasteiger partial charge in [-0.15, -0.1) is 0 Å². The molecule has 1 fully saturated rings. The third-order valence-corrected chi connectivity index (χ3v) is 3.86. The number of anilines is 1. The zero-order chi connectivity index (χ0) is 14.8. The molecule has 0 aromatic heterocycles. The number of nitrogens with two attached hydrogens (primary N) is 1. The topological polar surface area (TPSA) is 49.5 Å². The molecule has 3 nitrogen and oxygen atoms in total. The van der Waals surface area contributed by atoms with Gasteiger partial charge in [0.25, 0.3) is 0 Å². The van der Waals surface area contributed by atoms with Gasteiger partial charge in [0.2, 0.25) is 0 Å². The van der Waals surface area contributed by atoms with Crippen LogP contribution in [0.1, 0.15) is 24.0 Å². The molecule has 0 unspecified atom stereocenters. The standard InChI is InChI=1S/C14H19F3N2O/c15-14(16,17)13-7-12(2-1-11(13)8-18)19-5-3-10(9-20)4-6-19/h1-2,7,10,20H,3-6,8-9,18H2. The molecule has 20 heavy (non-hydrogen) atoms. The second-order valence-corrected chi connectivity index (χ2v) is 5.16. The summed E-state index contributed by atoms with van der Waals surface area (Å²) in [6, 6.07) is 4.33. The molecule has 1 aromatic rings. The lowest BCUT2D eigenvalue weighted by Crippen LogP contribution is -2.35. The lowest BCUT2D eigenvalue weighted by molar-refractivity contribution is -0.138. The smallest absolute Gasteiger partial charge is 0.396 e. The van der Waals surface area contributed by atoms with E-state index in [1.165, 1.54) is 12.1 Å². The highest BCUT2D eigenvalue weighted by atomic mass is 19.4. The first-order valence-corrected chi connectivity index (χ1v) is 6.71. The average Bonchev–Trinajstić information content (AvgIpc) is 2.46. The molecule has 0 saturated carbocycles. The number of hydrogen-bond donors (Lipinski definition) is 2. The highest BCUT2D eigenvalue weighted by Gasteiger charge is 2.33. The summed E-state index contributed by atoms with van der Waals surface area (Å²) >= 11 is 0. The van der Waals surface area contributed by atoms with E-state index in [0.29, 0.717) is 18.8 Å². The largest absolute Gasteiger partial charge is 0.416 e. The van der Waals surface area contributed by atoms with Crippen molar-refractivity contribution < 1.29 is 18.3 Å². The predicted octanol–water partition coefficient (Wildman–Crippen LogP) is 2.37. The summed E-state index contributed by atoms with van der Waals surface area (Å²) in [5.41, 5.74) is 5.41. The highest BCUT2D eigenvalue weighted by Crippen LogP contribution is 2.35. The van der Waals surface area contributed by atoms with Crippen LogP contribution in [0.5, 0.6) is 0 Å². The van der Waals surface area contributed by atoms with Crippen LogP contribution in [0.15, 0.2) is 18.2 Å². The van der Waals surface area contributed by atoms with E-state index in [1.807, 2.05) is 4.90 Å². The lowest BCUT2D eigenvalue weighted by atomic mass is 9.97. The summed E-state index contributed by atoms with van der Waals surface area (Å²) in [6.45, 7) is 1.37. The molecule has 6 heteroatoms. The van der Waals surface area contributed by atoms with Crippen LogP contribution in [-0.4, -0.2) is 24.8 Å². The maximum Gasteiger partial charge on any atom is 0.416 e. The minimum atomic E-state index is -4.38. The van der Waals surface area contributed by atoms with Gasteiger partial charge in [-0.25, -0.2) is 0 Å². The zero-order valence-corrected chi connectivity index (χ0v) is 11.2. The van der Waals surface area contributed by atoms with Crippen LogP contribution in [-0.2, 0) is 12.7 Å². The van der Waals surface area contributed by atoms with Crippen LogP contribution in [0.2, 0.25) is 0 Å². The first-order chi connectivity index (χ1) is 9.45. The Labute approximate surface area is 116 Å². The number of piperidine rings is 1. The molecule has 1 heterocycles. The van der Waals surface area contributed by atoms with Crippen molar-refractivity contribution in [3.63, 3.8) is 0 Å². The number of nitrogens with zero attached hydrogens (tertiary/aromatic N) is 1. The first kappa shape index (κ1) is 15.1. The second kappa shape index (κ2) is 6.01. The van der Waals surface area contributed by atoms with Crippen LogP contribution >= 0.6 is 0 Å². The minimum absolute atomic E-state index is 0.117. The van der Waals surface area contributed by atoms with Crippen molar-refractivity contribution in [2.24, 2.45) is 11.7 Å². The van der Waals surface area contributed by atoms with Gasteiger partial charge in [-0.1, -0.05) is 6.07 Å². The van der Waals surface area contributed by atoms with E-state index in [-0.39, 0.29) is 24.6 Å². The highest BCUT2D eigenvalue weighted by molar-refractivity contribution is 5.52. The monoisotopic (exact) mass is 288 g/mol. The fourth-order valence-electron chi connectivity index (χ4n) is 2.58. The van der Waals surface area contributed by atoms with Crippen LogP contribution in [0.25, 0.3) is 0 Å². The quantitative estimate of drug-likeness (QED) is 0.898. The summed E-state index contributed by atoms with van der Waals surface area (Å²) < 4.78 is 39.0. The molecular formula is C14H19F3N2O. The molecule has 1 aliphatic rings. The fraction of sp³-hybridized carbons (Fsp3) is 0.571. The van der Waals surface area contributed by atoms with Crippen molar-refractivity contribution in [2.75, 3.05) is 24.6 Å². The summed E-state index contributed by atoms with van der Waals surface area (Å²) in [4.78, 5) is 1.93. The molecule has 0 amide bonds. The number of halogens is 3. The number of rotatable bonds is 3. The molecule has 2 rings (SSSR count). The predicted molar refractivity (Wildman–Crippen MR) is 71.4 cm³/mol. The van der Waals surface area contributed by atoms with Crippen molar-refractivity contribution in [3.8, 4) is 0 Å². The van der Waals surface area contributed by atoms with Gasteiger partial charge >= 0.3 is 6.18 Å². The third kappa shape index (κ3) is 3.24. The molecule has 0 radical (unpaired) electrons. The summed E-state index contributed by atoms with van der Waals surface area (Å²) in [6.07, 6.45) is -2.78. The lowest BCUT2D eigenvalue weighted by Gasteiger charge is -2.33. The molecule has 3 N–H and O–H groups in total. The Kier molecular flexibility index (Phi) is 4.55. The number of aliphatic hydroxyl groups excluding tert-OH is 1. The Bertz CT molecular complexity index is 454. The van der Waals surface area contributed by atoms with E-state index in [4.69, 9.17) is 10.8 Å². The fourth-order valence-corrected chi connectivity index (χ4v) is 2.58. The average molecular weight is 288 g/mol. The van der Waals surface area contributed by atoms with Crippen molar-refractivity contribution in [3.05, 3.63) is 29.3 Å². The van der Waals surface area contributed by atoms with Crippen molar-refractivity contribution in [2.45, 2.75) is 25.6 Å². The van der Waals surface area contributed by atoms with E-state index >= 15 is 0 Å². The Morgan fingerprint density at radius 1 is 1.25 bits per heavy atom. The zero-order valence-electron chi connectivity index (χ0n) is 11.2. The van der Waals surface area contributed by atoms with Gasteiger partial charge in [-0.3, -0.25) is 0 Å². The SMILES string of the molecule is NCc1ccc(N2CCC(CO)CC2)cc1C(F)(F)F. The van der Waals surface area contributed by atoms with Crippen molar-refractivity contribution in [1.29, 1.82) is 0 Å². The normalized spacial score (nSPS) is 17.6. The molecule has 112 valence electrons. The van der Waals surface area contributed by atoms with E-state index in [0.717, 1.165) is 12.8 Å². The van der Waals surface area contributed by atoms with Crippen molar-refractivity contribution in [1.82, 2.24) is 0 Å². The van der Waals surface area contributed by atoms with E-state index in [2.05, 4.69) is 0 Å². The molecule has 1 saturated heterocycles.